The Kier molecular flexibility index (Phi) is 13.0. The van der Waals surface area contributed by atoms with Crippen LogP contribution < -0.4 is 5.32 Å². The summed E-state index contributed by atoms with van der Waals surface area (Å²) in [7, 11) is 4.87. The van der Waals surface area contributed by atoms with E-state index >= 15 is 0 Å². The molecular formula is C38H51N3O6. The predicted octanol–water partition coefficient (Wildman–Crippen LogP) is 5.32. The minimum atomic E-state index is -0.422. The van der Waals surface area contributed by atoms with Gasteiger partial charge in [-0.05, 0) is 66.7 Å². The number of likely N-dealkylation sites (N-methyl/N-ethyl adjacent to an activating group) is 1. The number of alkyl carbamates (subject to hydrolysis) is 1. The number of fused-ring (bicyclic) bond motifs is 1. The van der Waals surface area contributed by atoms with Crippen LogP contribution in [0.1, 0.15) is 48.3 Å². The van der Waals surface area contributed by atoms with Crippen LogP contribution in [0.5, 0.6) is 0 Å². The van der Waals surface area contributed by atoms with Gasteiger partial charge in [-0.1, -0.05) is 66.7 Å². The van der Waals surface area contributed by atoms with Crippen molar-refractivity contribution in [3.8, 4) is 0 Å². The second-order valence-corrected chi connectivity index (χ2v) is 13.0. The molecule has 2 aromatic rings. The Bertz CT molecular complexity index is 1330. The van der Waals surface area contributed by atoms with E-state index in [0.29, 0.717) is 38.0 Å². The number of ether oxygens (including phenoxy) is 4. The molecule has 1 heterocycles. The number of rotatable bonds is 16. The summed E-state index contributed by atoms with van der Waals surface area (Å²) in [5.41, 5.74) is 4.68. The van der Waals surface area contributed by atoms with E-state index in [1.165, 1.54) is 16.7 Å². The van der Waals surface area contributed by atoms with Gasteiger partial charge < -0.3 is 28.7 Å². The smallest absolute Gasteiger partial charge is 0.411 e. The molecule has 0 aromatic heterocycles. The van der Waals surface area contributed by atoms with Crippen LogP contribution in [-0.2, 0) is 36.6 Å². The molecule has 2 fully saturated rings. The number of allylic oxidation sites excluding steroid dienone is 4. The van der Waals surface area contributed by atoms with Gasteiger partial charge in [-0.2, -0.15) is 0 Å². The van der Waals surface area contributed by atoms with Gasteiger partial charge in [0, 0.05) is 52.5 Å². The van der Waals surface area contributed by atoms with Crippen molar-refractivity contribution in [3.63, 3.8) is 0 Å². The lowest BCUT2D eigenvalue weighted by Crippen LogP contribution is -2.36. The monoisotopic (exact) mass is 645 g/mol. The molecule has 2 amide bonds. The Balaban J connectivity index is 0.947. The van der Waals surface area contributed by atoms with Crippen LogP contribution in [0.3, 0.4) is 0 Å². The van der Waals surface area contributed by atoms with Crippen LogP contribution in [0.15, 0.2) is 78.5 Å². The zero-order valence-corrected chi connectivity index (χ0v) is 28.1. The summed E-state index contributed by atoms with van der Waals surface area (Å²) in [5.74, 6) is 1.34. The summed E-state index contributed by atoms with van der Waals surface area (Å²) in [6.07, 6.45) is 10.3. The van der Waals surface area contributed by atoms with E-state index in [0.717, 1.165) is 57.4 Å². The van der Waals surface area contributed by atoms with E-state index in [2.05, 4.69) is 52.7 Å². The SMILES string of the molecule is COC(CN(C)C(=O)CCOCCc1ccc(CCN2CC3CC(OC(=O)NC4=CC=CCC4c4ccccc4)C[C@@H]3C2)cc1)OC. The van der Waals surface area contributed by atoms with E-state index in [1.807, 2.05) is 30.4 Å². The largest absolute Gasteiger partial charge is 0.446 e. The van der Waals surface area contributed by atoms with Gasteiger partial charge in [0.25, 0.3) is 0 Å². The summed E-state index contributed by atoms with van der Waals surface area (Å²) in [5, 5.41) is 3.05. The maximum absolute atomic E-state index is 12.9. The summed E-state index contributed by atoms with van der Waals surface area (Å²) in [6, 6.07) is 19.1. The third-order valence-corrected chi connectivity index (χ3v) is 9.77. The summed E-state index contributed by atoms with van der Waals surface area (Å²) in [6.45, 7) is 4.56. The molecule has 9 heteroatoms. The molecule has 1 saturated carbocycles. The van der Waals surface area contributed by atoms with E-state index in [1.54, 1.807) is 26.2 Å². The highest BCUT2D eigenvalue weighted by atomic mass is 16.7. The Morgan fingerprint density at radius 1 is 0.936 bits per heavy atom. The number of hydrogen-bond acceptors (Lipinski definition) is 7. The number of nitrogens with zero attached hydrogens (tertiary/aromatic N) is 2. The van der Waals surface area contributed by atoms with E-state index in [4.69, 9.17) is 18.9 Å². The molecule has 3 aliphatic rings. The molecule has 254 valence electrons. The zero-order valence-electron chi connectivity index (χ0n) is 28.1. The fraction of sp³-hybridized carbons (Fsp3) is 0.526. The van der Waals surface area contributed by atoms with Crippen molar-refractivity contribution in [3.05, 3.63) is 95.2 Å². The molecule has 0 radical (unpaired) electrons. The topological polar surface area (TPSA) is 89.6 Å². The van der Waals surface area contributed by atoms with Crippen LogP contribution in [0.25, 0.3) is 0 Å². The van der Waals surface area contributed by atoms with Crippen molar-refractivity contribution in [2.24, 2.45) is 11.8 Å². The third kappa shape index (κ3) is 10.2. The van der Waals surface area contributed by atoms with Gasteiger partial charge in [0.05, 0.1) is 26.2 Å². The second-order valence-electron chi connectivity index (χ2n) is 13.0. The highest BCUT2D eigenvalue weighted by Crippen LogP contribution is 2.39. The van der Waals surface area contributed by atoms with Crippen molar-refractivity contribution in [1.82, 2.24) is 15.1 Å². The maximum Gasteiger partial charge on any atom is 0.411 e. The predicted molar refractivity (Wildman–Crippen MR) is 182 cm³/mol. The summed E-state index contributed by atoms with van der Waals surface area (Å²) in [4.78, 5) is 29.3. The molecule has 47 heavy (non-hydrogen) atoms. The Morgan fingerprint density at radius 2 is 1.62 bits per heavy atom. The standard InChI is InChI=1S/C38H51N3O6/c1-40(27-37(44-2)45-3)36(42)19-22-46-21-18-29-15-13-28(14-16-29)17-20-41-25-31-23-33(24-32(31)26-41)47-38(43)39-35-12-8-7-11-34(35)30-9-5-4-6-10-30/h4-10,12-16,31-34,37H,11,17-27H2,1-3H3,(H,39,43)/t31-,32?,33?,34?/m1/s1. The highest BCUT2D eigenvalue weighted by Gasteiger charge is 2.42. The van der Waals surface area contributed by atoms with Crippen LogP contribution in [0.4, 0.5) is 4.79 Å². The summed E-state index contributed by atoms with van der Waals surface area (Å²) < 4.78 is 22.0. The van der Waals surface area contributed by atoms with E-state index < -0.39 is 6.29 Å². The molecule has 2 aromatic carbocycles. The number of hydrogen-bond donors (Lipinski definition) is 1. The van der Waals surface area contributed by atoms with Crippen molar-refractivity contribution < 1.29 is 28.5 Å². The molecule has 1 aliphatic heterocycles. The third-order valence-electron chi connectivity index (χ3n) is 9.77. The van der Waals surface area contributed by atoms with Gasteiger partial charge in [0.2, 0.25) is 5.91 Å². The first-order valence-corrected chi connectivity index (χ1v) is 17.0. The number of carbonyl (C=O) groups excluding carboxylic acids is 2. The first kappa shape index (κ1) is 34.8. The van der Waals surface area contributed by atoms with Gasteiger partial charge in [0.15, 0.2) is 6.29 Å². The molecule has 1 N–H and O–H groups in total. The number of methoxy groups -OCH3 is 2. The lowest BCUT2D eigenvalue weighted by molar-refractivity contribution is -0.143. The number of carbonyl (C=O) groups is 2. The van der Waals surface area contributed by atoms with Gasteiger partial charge in [-0.25, -0.2) is 4.79 Å². The molecule has 2 aliphatic carbocycles. The summed E-state index contributed by atoms with van der Waals surface area (Å²) >= 11 is 0. The molecule has 0 bridgehead atoms. The molecular weight excluding hydrogens is 594 g/mol. The molecule has 0 spiro atoms. The molecule has 9 nitrogen and oxygen atoms in total. The number of nitrogens with one attached hydrogen (secondary N) is 1. The number of amides is 2. The Morgan fingerprint density at radius 3 is 2.30 bits per heavy atom. The lowest BCUT2D eigenvalue weighted by Gasteiger charge is -2.24. The number of benzene rings is 2. The van der Waals surface area contributed by atoms with Crippen molar-refractivity contribution in [1.29, 1.82) is 0 Å². The minimum absolute atomic E-state index is 0.00838. The number of likely N-dealkylation sites (tertiary alicyclic amines) is 1. The van der Waals surface area contributed by atoms with Gasteiger partial charge in [-0.3, -0.25) is 10.1 Å². The second kappa shape index (κ2) is 17.6. The molecule has 1 saturated heterocycles. The van der Waals surface area contributed by atoms with Crippen LogP contribution in [-0.4, -0.2) is 94.9 Å². The molecule has 3 unspecified atom stereocenters. The fourth-order valence-corrected chi connectivity index (χ4v) is 7.05. The van der Waals surface area contributed by atoms with E-state index in [-0.39, 0.29) is 24.0 Å². The Labute approximate surface area is 279 Å². The quantitative estimate of drug-likeness (QED) is 0.195. The lowest BCUT2D eigenvalue weighted by atomic mass is 9.89. The molecule has 4 atom stereocenters. The van der Waals surface area contributed by atoms with Crippen molar-refractivity contribution >= 4 is 12.0 Å². The van der Waals surface area contributed by atoms with Gasteiger partial charge in [0.1, 0.15) is 6.10 Å². The van der Waals surface area contributed by atoms with Crippen LogP contribution in [0.2, 0.25) is 0 Å². The van der Waals surface area contributed by atoms with Crippen LogP contribution in [0, 0.1) is 11.8 Å². The first-order valence-electron chi connectivity index (χ1n) is 17.0. The normalized spacial score (nSPS) is 22.3. The van der Waals surface area contributed by atoms with Crippen molar-refractivity contribution in [2.75, 3.05) is 60.7 Å². The van der Waals surface area contributed by atoms with Crippen LogP contribution >= 0.6 is 0 Å². The van der Waals surface area contributed by atoms with Gasteiger partial charge in [-0.15, -0.1) is 0 Å². The maximum atomic E-state index is 12.9. The Hall–Kier alpha value is -3.50. The molecule has 5 rings (SSSR count). The van der Waals surface area contributed by atoms with Crippen molar-refractivity contribution in [2.45, 2.75) is 56.8 Å². The average Bonchev–Trinajstić information content (AvgIpc) is 3.65. The minimum Gasteiger partial charge on any atom is -0.446 e. The highest BCUT2D eigenvalue weighted by molar-refractivity contribution is 5.76. The first-order chi connectivity index (χ1) is 22.9. The fourth-order valence-electron chi connectivity index (χ4n) is 7.05. The average molecular weight is 646 g/mol. The van der Waals surface area contributed by atoms with E-state index in [9.17, 15) is 9.59 Å². The zero-order chi connectivity index (χ0) is 33.0. The van der Waals surface area contributed by atoms with Gasteiger partial charge >= 0.3 is 6.09 Å².